The lowest BCUT2D eigenvalue weighted by Gasteiger charge is -2.10. The highest BCUT2D eigenvalue weighted by molar-refractivity contribution is 6.30. The van der Waals surface area contributed by atoms with Gasteiger partial charge in [-0.25, -0.2) is 20.6 Å². The predicted molar refractivity (Wildman–Crippen MR) is 101 cm³/mol. The third kappa shape index (κ3) is 4.08. The number of nitrogens with one attached hydrogen (secondary N) is 2. The second-order valence-electron chi connectivity index (χ2n) is 5.30. The Morgan fingerprint density at radius 1 is 1.00 bits per heavy atom. The van der Waals surface area contributed by atoms with Gasteiger partial charge in [0.05, 0.1) is 18.5 Å². The number of nitrogens with two attached hydrogens (primary N) is 1. The van der Waals surface area contributed by atoms with E-state index in [-0.39, 0.29) is 5.95 Å². The van der Waals surface area contributed by atoms with E-state index in [0.717, 1.165) is 16.9 Å². The van der Waals surface area contributed by atoms with E-state index in [1.165, 1.54) is 0 Å². The Bertz CT molecular complexity index is 914. The smallest absolute Gasteiger partial charge is 0.335 e. The minimum Gasteiger partial charge on any atom is -0.497 e. The third-order valence-electron chi connectivity index (χ3n) is 3.61. The zero-order valence-corrected chi connectivity index (χ0v) is 14.6. The fourth-order valence-corrected chi connectivity index (χ4v) is 2.44. The van der Waals surface area contributed by atoms with E-state index in [4.69, 9.17) is 22.2 Å². The van der Waals surface area contributed by atoms with Gasteiger partial charge in [-0.1, -0.05) is 23.7 Å². The molecule has 7 nitrogen and oxygen atoms in total. The Balaban J connectivity index is 2.06. The van der Waals surface area contributed by atoms with Gasteiger partial charge in [0.15, 0.2) is 0 Å². The maximum Gasteiger partial charge on any atom is 0.335 e. The van der Waals surface area contributed by atoms with Crippen LogP contribution < -0.4 is 21.3 Å². The van der Waals surface area contributed by atoms with Crippen molar-refractivity contribution in [2.24, 2.45) is 5.84 Å². The summed E-state index contributed by atoms with van der Waals surface area (Å²) in [6, 6.07) is 15.9. The molecule has 0 unspecified atom stereocenters. The fourth-order valence-electron chi connectivity index (χ4n) is 2.32. The number of ether oxygens (including phenoxy) is 1. The number of hydrogen-bond donors (Lipinski definition) is 3. The van der Waals surface area contributed by atoms with Crippen LogP contribution in [0.2, 0.25) is 5.02 Å². The first-order valence-electron chi connectivity index (χ1n) is 7.66. The van der Waals surface area contributed by atoms with E-state index < -0.39 is 6.03 Å². The summed E-state index contributed by atoms with van der Waals surface area (Å²) in [5.74, 6) is 5.99. The molecule has 0 saturated heterocycles. The van der Waals surface area contributed by atoms with Crippen LogP contribution in [-0.2, 0) is 0 Å². The average Bonchev–Trinajstić information content (AvgIpc) is 2.68. The molecular weight excluding hydrogens is 354 g/mol. The number of carbonyl (C=O) groups is 1. The van der Waals surface area contributed by atoms with Crippen LogP contribution in [-0.4, -0.2) is 23.1 Å². The van der Waals surface area contributed by atoms with E-state index in [9.17, 15) is 4.79 Å². The summed E-state index contributed by atoms with van der Waals surface area (Å²) in [5, 5.41) is 3.12. The standard InChI is InChI=1S/C18H16ClN5O2/c1-26-14-8-4-12(5-9-14)16-10-15(11-2-6-13(19)7-3-11)21-17(22-16)23-18(25)24-20/h2-10H,20H2,1H3,(H2,21,22,23,24,25). The predicted octanol–water partition coefficient (Wildman–Crippen LogP) is 3.47. The normalized spacial score (nSPS) is 10.3. The first-order valence-corrected chi connectivity index (χ1v) is 8.04. The Morgan fingerprint density at radius 3 is 2.04 bits per heavy atom. The van der Waals surface area contributed by atoms with Crippen LogP contribution in [0.15, 0.2) is 54.6 Å². The molecule has 8 heteroatoms. The molecule has 4 N–H and O–H groups in total. The van der Waals surface area contributed by atoms with Crippen molar-refractivity contribution in [3.63, 3.8) is 0 Å². The number of nitrogens with zero attached hydrogens (tertiary/aromatic N) is 2. The van der Waals surface area contributed by atoms with E-state index in [2.05, 4.69) is 15.3 Å². The number of aromatic nitrogens is 2. The molecule has 0 spiro atoms. The van der Waals surface area contributed by atoms with Gasteiger partial charge in [0.1, 0.15) is 5.75 Å². The van der Waals surface area contributed by atoms with Gasteiger partial charge in [-0.15, -0.1) is 0 Å². The zero-order valence-electron chi connectivity index (χ0n) is 13.9. The molecular formula is C18H16ClN5O2. The SMILES string of the molecule is COc1ccc(-c2cc(-c3ccc(Cl)cc3)nc(NC(=O)NN)n2)cc1. The summed E-state index contributed by atoms with van der Waals surface area (Å²) in [6.07, 6.45) is 0. The van der Waals surface area contributed by atoms with Gasteiger partial charge in [-0.05, 0) is 42.5 Å². The topological polar surface area (TPSA) is 102 Å². The van der Waals surface area contributed by atoms with E-state index in [1.54, 1.807) is 19.2 Å². The van der Waals surface area contributed by atoms with Crippen LogP contribution in [0.3, 0.4) is 0 Å². The lowest BCUT2D eigenvalue weighted by atomic mass is 10.1. The van der Waals surface area contributed by atoms with Crippen molar-refractivity contribution < 1.29 is 9.53 Å². The quantitative estimate of drug-likeness (QED) is 0.371. The second-order valence-corrected chi connectivity index (χ2v) is 5.73. The van der Waals surface area contributed by atoms with E-state index >= 15 is 0 Å². The second kappa shape index (κ2) is 7.81. The van der Waals surface area contributed by atoms with Crippen LogP contribution in [0, 0.1) is 0 Å². The molecule has 1 heterocycles. The van der Waals surface area contributed by atoms with Crippen LogP contribution in [0.1, 0.15) is 0 Å². The van der Waals surface area contributed by atoms with E-state index in [1.807, 2.05) is 47.9 Å². The first-order chi connectivity index (χ1) is 12.6. The Morgan fingerprint density at radius 2 is 1.54 bits per heavy atom. The highest BCUT2D eigenvalue weighted by atomic mass is 35.5. The molecule has 0 atom stereocenters. The third-order valence-corrected chi connectivity index (χ3v) is 3.86. The number of anilines is 1. The lowest BCUT2D eigenvalue weighted by Crippen LogP contribution is -2.34. The van der Waals surface area contributed by atoms with Crippen molar-refractivity contribution in [3.05, 3.63) is 59.6 Å². The summed E-state index contributed by atoms with van der Waals surface area (Å²) in [4.78, 5) is 20.3. The number of urea groups is 1. The number of amides is 2. The van der Waals surface area contributed by atoms with Gasteiger partial charge in [0.2, 0.25) is 5.95 Å². The highest BCUT2D eigenvalue weighted by Gasteiger charge is 2.11. The van der Waals surface area contributed by atoms with Crippen molar-refractivity contribution in [1.82, 2.24) is 15.4 Å². The summed E-state index contributed by atoms with van der Waals surface area (Å²) in [7, 11) is 1.60. The molecule has 0 bridgehead atoms. The molecule has 3 rings (SSSR count). The van der Waals surface area contributed by atoms with Crippen molar-refractivity contribution in [3.8, 4) is 28.3 Å². The maximum absolute atomic E-state index is 11.5. The van der Waals surface area contributed by atoms with Crippen molar-refractivity contribution in [2.75, 3.05) is 12.4 Å². The summed E-state index contributed by atoms with van der Waals surface area (Å²) < 4.78 is 5.18. The number of halogens is 1. The molecule has 2 aromatic carbocycles. The van der Waals surface area contributed by atoms with Gasteiger partial charge >= 0.3 is 6.03 Å². The minimum absolute atomic E-state index is 0.131. The molecule has 2 amide bonds. The number of rotatable bonds is 4. The molecule has 0 radical (unpaired) electrons. The van der Waals surface area contributed by atoms with Gasteiger partial charge < -0.3 is 4.74 Å². The van der Waals surface area contributed by atoms with Gasteiger partial charge in [-0.3, -0.25) is 10.7 Å². The largest absolute Gasteiger partial charge is 0.497 e. The summed E-state index contributed by atoms with van der Waals surface area (Å²) in [6.45, 7) is 0. The van der Waals surface area contributed by atoms with Crippen LogP contribution >= 0.6 is 11.6 Å². The molecule has 26 heavy (non-hydrogen) atoms. The zero-order chi connectivity index (χ0) is 18.5. The Kier molecular flexibility index (Phi) is 5.31. The molecule has 132 valence electrons. The number of carbonyl (C=O) groups excluding carboxylic acids is 1. The van der Waals surface area contributed by atoms with Gasteiger partial charge in [0, 0.05) is 16.1 Å². The highest BCUT2D eigenvalue weighted by Crippen LogP contribution is 2.27. The van der Waals surface area contributed by atoms with Crippen LogP contribution in [0.5, 0.6) is 5.75 Å². The minimum atomic E-state index is -0.612. The monoisotopic (exact) mass is 369 g/mol. The number of methoxy groups -OCH3 is 1. The van der Waals surface area contributed by atoms with Crippen molar-refractivity contribution in [2.45, 2.75) is 0 Å². The summed E-state index contributed by atoms with van der Waals surface area (Å²) >= 11 is 5.95. The van der Waals surface area contributed by atoms with E-state index in [0.29, 0.717) is 16.4 Å². The molecule has 0 aliphatic heterocycles. The lowest BCUT2D eigenvalue weighted by molar-refractivity contribution is 0.252. The van der Waals surface area contributed by atoms with Crippen LogP contribution in [0.25, 0.3) is 22.5 Å². The van der Waals surface area contributed by atoms with Gasteiger partial charge in [-0.2, -0.15) is 0 Å². The molecule has 0 aliphatic carbocycles. The Hall–Kier alpha value is -3.16. The molecule has 0 saturated carbocycles. The molecule has 0 fully saturated rings. The van der Waals surface area contributed by atoms with Crippen molar-refractivity contribution in [1.29, 1.82) is 0 Å². The molecule has 3 aromatic rings. The molecule has 0 aliphatic rings. The summed E-state index contributed by atoms with van der Waals surface area (Å²) in [5.41, 5.74) is 4.95. The number of hydrogen-bond acceptors (Lipinski definition) is 5. The average molecular weight is 370 g/mol. The van der Waals surface area contributed by atoms with Gasteiger partial charge in [0.25, 0.3) is 0 Å². The molecule has 1 aromatic heterocycles. The number of hydrazine groups is 1. The number of benzene rings is 2. The Labute approximate surface area is 155 Å². The fraction of sp³-hybridized carbons (Fsp3) is 0.0556. The van der Waals surface area contributed by atoms with Crippen molar-refractivity contribution >= 4 is 23.6 Å². The van der Waals surface area contributed by atoms with Crippen LogP contribution in [0.4, 0.5) is 10.7 Å². The maximum atomic E-state index is 11.5. The first kappa shape index (κ1) is 17.7.